The van der Waals surface area contributed by atoms with Crippen molar-refractivity contribution >= 4 is 17.6 Å². The Morgan fingerprint density at radius 3 is 2.75 bits per heavy atom. The number of pyridine rings is 1. The summed E-state index contributed by atoms with van der Waals surface area (Å²) in [5, 5.41) is 0.648. The van der Waals surface area contributed by atoms with E-state index in [1.165, 1.54) is 7.11 Å². The molecule has 0 atom stereocenters. The number of hydrogen-bond acceptors (Lipinski definition) is 3. The standard InChI is InChI=1S/C16H14ClNO2/c1-20-16(19)15-13(10-5-6-10)7-8-14(18-15)11-3-2-4-12(17)9-11/h2-4,7-10H,5-6H2,1H3. The number of carbonyl (C=O) groups excluding carboxylic acids is 1. The third kappa shape index (κ3) is 2.54. The number of methoxy groups -OCH3 is 1. The summed E-state index contributed by atoms with van der Waals surface area (Å²) < 4.78 is 4.84. The van der Waals surface area contributed by atoms with Gasteiger partial charge in [0.05, 0.1) is 12.8 Å². The van der Waals surface area contributed by atoms with E-state index in [2.05, 4.69) is 4.98 Å². The lowest BCUT2D eigenvalue weighted by Gasteiger charge is -2.09. The first kappa shape index (κ1) is 13.1. The van der Waals surface area contributed by atoms with Crippen molar-refractivity contribution in [3.05, 3.63) is 52.7 Å². The summed E-state index contributed by atoms with van der Waals surface area (Å²) in [5.74, 6) is 0.0702. The van der Waals surface area contributed by atoms with Crippen molar-refractivity contribution in [2.75, 3.05) is 7.11 Å². The highest BCUT2D eigenvalue weighted by Crippen LogP contribution is 2.42. The average molecular weight is 288 g/mol. The summed E-state index contributed by atoms with van der Waals surface area (Å²) >= 11 is 6.00. The zero-order valence-electron chi connectivity index (χ0n) is 11.1. The van der Waals surface area contributed by atoms with Gasteiger partial charge in [-0.1, -0.05) is 29.8 Å². The molecule has 0 aliphatic heterocycles. The van der Waals surface area contributed by atoms with Crippen LogP contribution in [-0.4, -0.2) is 18.1 Å². The Kier molecular flexibility index (Phi) is 3.45. The summed E-state index contributed by atoms with van der Waals surface area (Å²) in [6.45, 7) is 0. The van der Waals surface area contributed by atoms with Gasteiger partial charge in [0, 0.05) is 10.6 Å². The molecule has 1 aromatic heterocycles. The molecule has 0 radical (unpaired) electrons. The van der Waals surface area contributed by atoms with Crippen molar-refractivity contribution in [3.63, 3.8) is 0 Å². The van der Waals surface area contributed by atoms with Crippen molar-refractivity contribution in [2.45, 2.75) is 18.8 Å². The average Bonchev–Trinajstić information content (AvgIpc) is 3.30. The maximum atomic E-state index is 11.9. The number of aromatic nitrogens is 1. The molecule has 0 amide bonds. The molecule has 2 aromatic rings. The first-order valence-corrected chi connectivity index (χ1v) is 6.92. The Morgan fingerprint density at radius 2 is 2.10 bits per heavy atom. The highest BCUT2D eigenvalue weighted by atomic mass is 35.5. The lowest BCUT2D eigenvalue weighted by atomic mass is 10.1. The summed E-state index contributed by atoms with van der Waals surface area (Å²) in [6.07, 6.45) is 2.23. The molecule has 102 valence electrons. The smallest absolute Gasteiger partial charge is 0.356 e. The Balaban J connectivity index is 2.07. The molecular formula is C16H14ClNO2. The fourth-order valence-corrected chi connectivity index (χ4v) is 2.45. The molecule has 0 unspecified atom stereocenters. The van der Waals surface area contributed by atoms with E-state index in [0.29, 0.717) is 16.6 Å². The van der Waals surface area contributed by atoms with Crippen LogP contribution >= 0.6 is 11.6 Å². The summed E-state index contributed by atoms with van der Waals surface area (Å²) in [4.78, 5) is 16.4. The Morgan fingerprint density at radius 1 is 1.30 bits per heavy atom. The molecular weight excluding hydrogens is 274 g/mol. The number of carbonyl (C=O) groups is 1. The number of halogens is 1. The molecule has 1 aliphatic rings. The molecule has 0 saturated heterocycles. The minimum atomic E-state index is -0.379. The fourth-order valence-electron chi connectivity index (χ4n) is 2.26. The third-order valence-corrected chi connectivity index (χ3v) is 3.68. The SMILES string of the molecule is COC(=O)c1nc(-c2cccc(Cl)c2)ccc1C1CC1. The van der Waals surface area contributed by atoms with Crippen LogP contribution < -0.4 is 0 Å². The molecule has 1 aliphatic carbocycles. The van der Waals surface area contributed by atoms with Gasteiger partial charge in [-0.05, 0) is 42.5 Å². The Labute approximate surface area is 122 Å². The molecule has 4 heteroatoms. The predicted octanol–water partition coefficient (Wildman–Crippen LogP) is 4.07. The van der Waals surface area contributed by atoms with Crippen LogP contribution in [0.15, 0.2) is 36.4 Å². The van der Waals surface area contributed by atoms with Gasteiger partial charge in [-0.25, -0.2) is 9.78 Å². The van der Waals surface area contributed by atoms with E-state index in [1.54, 1.807) is 0 Å². The van der Waals surface area contributed by atoms with Crippen LogP contribution in [-0.2, 0) is 4.74 Å². The van der Waals surface area contributed by atoms with E-state index in [9.17, 15) is 4.79 Å². The van der Waals surface area contributed by atoms with Crippen molar-refractivity contribution in [1.29, 1.82) is 0 Å². The van der Waals surface area contributed by atoms with Crippen molar-refractivity contribution < 1.29 is 9.53 Å². The Hall–Kier alpha value is -1.87. The zero-order chi connectivity index (χ0) is 14.1. The Bertz CT molecular complexity index is 665. The number of benzene rings is 1. The van der Waals surface area contributed by atoms with Crippen LogP contribution in [0.3, 0.4) is 0 Å². The summed E-state index contributed by atoms with van der Waals surface area (Å²) in [7, 11) is 1.38. The minimum absolute atomic E-state index is 0.379. The predicted molar refractivity (Wildman–Crippen MR) is 78.0 cm³/mol. The molecule has 1 fully saturated rings. The van der Waals surface area contributed by atoms with Crippen LogP contribution in [0.1, 0.15) is 34.8 Å². The summed E-state index contributed by atoms with van der Waals surface area (Å²) in [6, 6.07) is 11.4. The molecule has 0 bridgehead atoms. The largest absolute Gasteiger partial charge is 0.464 e. The number of nitrogens with zero attached hydrogens (tertiary/aromatic N) is 1. The van der Waals surface area contributed by atoms with Crippen molar-refractivity contribution in [3.8, 4) is 11.3 Å². The second-order valence-corrected chi connectivity index (χ2v) is 5.35. The second kappa shape index (κ2) is 5.25. The molecule has 20 heavy (non-hydrogen) atoms. The minimum Gasteiger partial charge on any atom is -0.464 e. The van der Waals surface area contributed by atoms with Gasteiger partial charge in [0.15, 0.2) is 5.69 Å². The van der Waals surface area contributed by atoms with E-state index < -0.39 is 0 Å². The van der Waals surface area contributed by atoms with Gasteiger partial charge in [-0.3, -0.25) is 0 Å². The highest BCUT2D eigenvalue weighted by molar-refractivity contribution is 6.30. The number of rotatable bonds is 3. The number of ether oxygens (including phenoxy) is 1. The monoisotopic (exact) mass is 287 g/mol. The first-order chi connectivity index (χ1) is 9.69. The van der Waals surface area contributed by atoms with E-state index in [1.807, 2.05) is 36.4 Å². The maximum Gasteiger partial charge on any atom is 0.356 e. The van der Waals surface area contributed by atoms with E-state index in [4.69, 9.17) is 16.3 Å². The van der Waals surface area contributed by atoms with Gasteiger partial charge in [0.25, 0.3) is 0 Å². The third-order valence-electron chi connectivity index (χ3n) is 3.44. The molecule has 3 nitrogen and oxygen atoms in total. The van der Waals surface area contributed by atoms with Crippen molar-refractivity contribution in [1.82, 2.24) is 4.98 Å². The molecule has 1 heterocycles. The molecule has 1 aromatic carbocycles. The van der Waals surface area contributed by atoms with Crippen LogP contribution in [0.25, 0.3) is 11.3 Å². The molecule has 0 spiro atoms. The van der Waals surface area contributed by atoms with Crippen LogP contribution in [0.4, 0.5) is 0 Å². The van der Waals surface area contributed by atoms with Crippen LogP contribution in [0.5, 0.6) is 0 Å². The second-order valence-electron chi connectivity index (χ2n) is 4.91. The van der Waals surface area contributed by atoms with Gasteiger partial charge < -0.3 is 4.74 Å². The fraction of sp³-hybridized carbons (Fsp3) is 0.250. The maximum absolute atomic E-state index is 11.9. The van der Waals surface area contributed by atoms with Crippen LogP contribution in [0.2, 0.25) is 5.02 Å². The number of esters is 1. The summed E-state index contributed by atoms with van der Waals surface area (Å²) in [5.41, 5.74) is 3.04. The van der Waals surface area contributed by atoms with Gasteiger partial charge in [-0.15, -0.1) is 0 Å². The molecule has 1 saturated carbocycles. The molecule has 3 rings (SSSR count). The lowest BCUT2D eigenvalue weighted by Crippen LogP contribution is -2.09. The van der Waals surface area contributed by atoms with E-state index >= 15 is 0 Å². The first-order valence-electron chi connectivity index (χ1n) is 6.54. The molecule has 0 N–H and O–H groups in total. The number of hydrogen-bond donors (Lipinski definition) is 0. The van der Waals surface area contributed by atoms with E-state index in [0.717, 1.165) is 29.7 Å². The lowest BCUT2D eigenvalue weighted by molar-refractivity contribution is 0.0592. The topological polar surface area (TPSA) is 39.2 Å². The zero-order valence-corrected chi connectivity index (χ0v) is 11.9. The van der Waals surface area contributed by atoms with Gasteiger partial charge >= 0.3 is 5.97 Å². The van der Waals surface area contributed by atoms with Crippen LogP contribution in [0, 0.1) is 0 Å². The van der Waals surface area contributed by atoms with E-state index in [-0.39, 0.29) is 5.97 Å². The normalized spacial score (nSPS) is 14.1. The van der Waals surface area contributed by atoms with Gasteiger partial charge in [-0.2, -0.15) is 0 Å². The van der Waals surface area contributed by atoms with Gasteiger partial charge in [0.1, 0.15) is 0 Å². The van der Waals surface area contributed by atoms with Crippen molar-refractivity contribution in [2.24, 2.45) is 0 Å². The highest BCUT2D eigenvalue weighted by Gasteiger charge is 2.29. The van der Waals surface area contributed by atoms with Gasteiger partial charge in [0.2, 0.25) is 0 Å². The quantitative estimate of drug-likeness (QED) is 0.799.